The van der Waals surface area contributed by atoms with Crippen LogP contribution in [0.4, 0.5) is 14.9 Å². The number of carbonyl (C=O) groups excluding carboxylic acids is 1. The van der Waals surface area contributed by atoms with Crippen LogP contribution in [0.15, 0.2) is 12.1 Å². The van der Waals surface area contributed by atoms with Gasteiger partial charge in [-0.15, -0.1) is 0 Å². The topological polar surface area (TPSA) is 77.2 Å². The first-order chi connectivity index (χ1) is 8.78. The Bertz CT molecular complexity index is 527. The molecule has 0 saturated carbocycles. The van der Waals surface area contributed by atoms with E-state index in [9.17, 15) is 9.18 Å². The maximum absolute atomic E-state index is 12.8. The molecule has 102 valence electrons. The fraction of sp³-hybridized carbons (Fsp3) is 0.385. The number of ether oxygens (including phenoxy) is 1. The lowest BCUT2D eigenvalue weighted by Gasteiger charge is -2.18. The lowest BCUT2D eigenvalue weighted by molar-refractivity contribution is 0.0535. The van der Waals surface area contributed by atoms with Crippen LogP contribution in [0.3, 0.4) is 0 Å². The van der Waals surface area contributed by atoms with Gasteiger partial charge in [0.25, 0.3) is 0 Å². The van der Waals surface area contributed by atoms with Gasteiger partial charge in [0.15, 0.2) is 0 Å². The number of amides is 1. The number of nitrogens with one attached hydrogen (secondary N) is 1. The molecule has 0 aliphatic rings. The van der Waals surface area contributed by atoms with Crippen molar-refractivity contribution in [2.75, 3.05) is 12.3 Å². The molecule has 1 aromatic rings. The summed E-state index contributed by atoms with van der Waals surface area (Å²) in [7, 11) is 0. The van der Waals surface area contributed by atoms with Crippen molar-refractivity contribution in [3.63, 3.8) is 0 Å². The second-order valence-electron chi connectivity index (χ2n) is 4.73. The molecule has 0 unspecified atom stereocenters. The van der Waals surface area contributed by atoms with Gasteiger partial charge >= 0.3 is 6.09 Å². The zero-order valence-electron chi connectivity index (χ0n) is 11.1. The van der Waals surface area contributed by atoms with Crippen molar-refractivity contribution in [3.05, 3.63) is 23.8 Å². The summed E-state index contributed by atoms with van der Waals surface area (Å²) in [5.74, 6) is 4.54. The van der Waals surface area contributed by atoms with E-state index in [1.54, 1.807) is 20.8 Å². The van der Waals surface area contributed by atoms with Crippen LogP contribution in [-0.4, -0.2) is 23.2 Å². The van der Waals surface area contributed by atoms with Gasteiger partial charge in [0, 0.05) is 0 Å². The van der Waals surface area contributed by atoms with Crippen LogP contribution >= 0.6 is 0 Å². The zero-order valence-corrected chi connectivity index (χ0v) is 11.1. The quantitative estimate of drug-likeness (QED) is 0.598. The van der Waals surface area contributed by atoms with Gasteiger partial charge in [-0.1, -0.05) is 5.92 Å². The molecule has 1 aromatic heterocycles. The number of carbonyl (C=O) groups is 1. The molecule has 5 nitrogen and oxygen atoms in total. The molecule has 0 spiro atoms. The summed E-state index contributed by atoms with van der Waals surface area (Å²) in [6, 6.07) is 2.53. The lowest BCUT2D eigenvalue weighted by Crippen LogP contribution is -2.32. The maximum atomic E-state index is 12.8. The van der Waals surface area contributed by atoms with Gasteiger partial charge in [0.2, 0.25) is 5.95 Å². The van der Waals surface area contributed by atoms with Crippen LogP contribution in [0.2, 0.25) is 0 Å². The summed E-state index contributed by atoms with van der Waals surface area (Å²) < 4.78 is 17.9. The van der Waals surface area contributed by atoms with Gasteiger partial charge in [0.1, 0.15) is 11.3 Å². The van der Waals surface area contributed by atoms with Crippen LogP contribution < -0.4 is 11.1 Å². The predicted octanol–water partition coefficient (Wildman–Crippen LogP) is 1.68. The highest BCUT2D eigenvalue weighted by Crippen LogP contribution is 2.07. The fourth-order valence-electron chi connectivity index (χ4n) is 1.10. The molecule has 1 amide bonds. The fourth-order valence-corrected chi connectivity index (χ4v) is 1.10. The van der Waals surface area contributed by atoms with Crippen molar-refractivity contribution >= 4 is 11.8 Å². The summed E-state index contributed by atoms with van der Waals surface area (Å²) in [5.41, 5.74) is 5.44. The average Bonchev–Trinajstić information content (AvgIpc) is 2.26. The molecule has 1 heterocycles. The minimum absolute atomic E-state index is 0.0621. The molecule has 0 aromatic carbocycles. The Morgan fingerprint density at radius 1 is 1.53 bits per heavy atom. The number of hydrogen-bond donors (Lipinski definition) is 2. The third-order valence-electron chi connectivity index (χ3n) is 1.82. The number of hydrogen-bond acceptors (Lipinski definition) is 4. The molecular formula is C13H16FN3O2. The number of anilines is 1. The predicted molar refractivity (Wildman–Crippen MR) is 69.7 cm³/mol. The van der Waals surface area contributed by atoms with E-state index in [1.807, 2.05) is 0 Å². The Morgan fingerprint density at radius 2 is 2.21 bits per heavy atom. The minimum atomic E-state index is -0.654. The molecule has 1 rings (SSSR count). The van der Waals surface area contributed by atoms with E-state index >= 15 is 0 Å². The minimum Gasteiger partial charge on any atom is -0.444 e. The van der Waals surface area contributed by atoms with E-state index in [0.29, 0.717) is 0 Å². The van der Waals surface area contributed by atoms with E-state index in [0.717, 1.165) is 6.07 Å². The second kappa shape index (κ2) is 6.05. The monoisotopic (exact) mass is 265 g/mol. The van der Waals surface area contributed by atoms with E-state index < -0.39 is 17.6 Å². The molecule has 0 radical (unpaired) electrons. The van der Waals surface area contributed by atoms with Gasteiger partial charge in [-0.05, 0) is 38.8 Å². The van der Waals surface area contributed by atoms with E-state index in [2.05, 4.69) is 22.1 Å². The third kappa shape index (κ3) is 5.73. The van der Waals surface area contributed by atoms with E-state index in [1.165, 1.54) is 6.07 Å². The smallest absolute Gasteiger partial charge is 0.408 e. The van der Waals surface area contributed by atoms with Crippen molar-refractivity contribution in [2.45, 2.75) is 26.4 Å². The van der Waals surface area contributed by atoms with Gasteiger partial charge in [0.05, 0.1) is 12.2 Å². The Hall–Kier alpha value is -2.29. The highest BCUT2D eigenvalue weighted by molar-refractivity contribution is 5.68. The summed E-state index contributed by atoms with van der Waals surface area (Å²) in [4.78, 5) is 14.8. The highest BCUT2D eigenvalue weighted by atomic mass is 19.1. The van der Waals surface area contributed by atoms with Crippen molar-refractivity contribution in [3.8, 4) is 11.8 Å². The van der Waals surface area contributed by atoms with E-state index in [4.69, 9.17) is 10.5 Å². The molecule has 0 aliphatic carbocycles. The van der Waals surface area contributed by atoms with E-state index in [-0.39, 0.29) is 17.9 Å². The van der Waals surface area contributed by atoms with Gasteiger partial charge < -0.3 is 15.8 Å². The Balaban J connectivity index is 2.52. The first-order valence-electron chi connectivity index (χ1n) is 5.66. The van der Waals surface area contributed by atoms with Gasteiger partial charge in [-0.3, -0.25) is 0 Å². The molecule has 0 atom stereocenters. The van der Waals surface area contributed by atoms with Crippen molar-refractivity contribution in [1.29, 1.82) is 0 Å². The van der Waals surface area contributed by atoms with Crippen molar-refractivity contribution in [2.24, 2.45) is 0 Å². The van der Waals surface area contributed by atoms with Crippen molar-refractivity contribution < 1.29 is 13.9 Å². The number of nitrogen functional groups attached to an aromatic ring is 1. The first-order valence-corrected chi connectivity index (χ1v) is 5.66. The van der Waals surface area contributed by atoms with Crippen LogP contribution in [0.25, 0.3) is 0 Å². The summed E-state index contributed by atoms with van der Waals surface area (Å²) in [6.07, 6.45) is -0.568. The highest BCUT2D eigenvalue weighted by Gasteiger charge is 2.14. The Labute approximate surface area is 111 Å². The molecule has 0 aliphatic heterocycles. The summed E-state index contributed by atoms with van der Waals surface area (Å²) in [6.45, 7) is 5.34. The largest absolute Gasteiger partial charge is 0.444 e. The molecule has 6 heteroatoms. The first kappa shape index (κ1) is 14.8. The molecule has 0 fully saturated rings. The molecule has 3 N–H and O–H groups in total. The number of nitrogens with zero attached hydrogens (tertiary/aromatic N) is 1. The van der Waals surface area contributed by atoms with Crippen LogP contribution in [-0.2, 0) is 4.74 Å². The number of nitrogens with two attached hydrogens (primary N) is 1. The van der Waals surface area contributed by atoms with Gasteiger partial charge in [-0.2, -0.15) is 4.39 Å². The van der Waals surface area contributed by atoms with Crippen LogP contribution in [0.1, 0.15) is 26.5 Å². The summed E-state index contributed by atoms with van der Waals surface area (Å²) >= 11 is 0. The third-order valence-corrected chi connectivity index (χ3v) is 1.82. The number of pyridine rings is 1. The molecular weight excluding hydrogens is 249 g/mol. The molecule has 0 bridgehead atoms. The number of aromatic nitrogens is 1. The number of halogens is 1. The molecule has 19 heavy (non-hydrogen) atoms. The van der Waals surface area contributed by atoms with Crippen LogP contribution in [0, 0.1) is 17.8 Å². The molecule has 0 saturated heterocycles. The number of rotatable bonds is 1. The Morgan fingerprint density at radius 3 is 2.84 bits per heavy atom. The second-order valence-corrected chi connectivity index (χ2v) is 4.73. The van der Waals surface area contributed by atoms with Gasteiger partial charge in [-0.25, -0.2) is 9.78 Å². The van der Waals surface area contributed by atoms with Crippen molar-refractivity contribution in [1.82, 2.24) is 10.3 Å². The zero-order chi connectivity index (χ0) is 14.5. The Kier molecular flexibility index (Phi) is 4.70. The normalized spacial score (nSPS) is 10.3. The van der Waals surface area contributed by atoms with Crippen LogP contribution in [0.5, 0.6) is 0 Å². The average molecular weight is 265 g/mol. The standard InChI is InChI=1S/C13H16FN3O2/c1-13(2,3)19-12(18)16-8-4-5-10-9(15)6-7-11(14)17-10/h6-7H,8,15H2,1-3H3,(H,16,18). The number of alkyl carbamates (subject to hydrolysis) is 1. The SMILES string of the molecule is CC(C)(C)OC(=O)NCC#Cc1nc(F)ccc1N. The lowest BCUT2D eigenvalue weighted by atomic mass is 10.2. The summed E-state index contributed by atoms with van der Waals surface area (Å²) in [5, 5.41) is 2.45. The maximum Gasteiger partial charge on any atom is 0.408 e.